The average Bonchev–Trinajstić information content (AvgIpc) is 3.87. The van der Waals surface area contributed by atoms with Crippen molar-refractivity contribution in [1.82, 2.24) is 19.5 Å². The van der Waals surface area contributed by atoms with Gasteiger partial charge in [-0.25, -0.2) is 29.3 Å². The number of hydrogen-bond donors (Lipinski definition) is 4. The Morgan fingerprint density at radius 2 is 1.43 bits per heavy atom. The van der Waals surface area contributed by atoms with E-state index >= 15 is 0 Å². The second kappa shape index (κ2) is 18.6. The molecule has 2 aromatic heterocycles. The number of imidazole rings is 1. The number of fused-ring (bicyclic) bond motifs is 1. The van der Waals surface area contributed by atoms with Crippen LogP contribution in [0.4, 0.5) is 11.5 Å². The Morgan fingerprint density at radius 1 is 0.841 bits per heavy atom. The molecule has 2 saturated heterocycles. The zero-order valence-electron chi connectivity index (χ0n) is 34.4. The number of nitrogen functional groups attached to an aromatic ring is 1. The number of nitrogens with two attached hydrogens (primary N) is 1. The van der Waals surface area contributed by atoms with Crippen LogP contribution >= 0.6 is 0 Å². The fourth-order valence-corrected chi connectivity index (χ4v) is 6.97. The molecule has 0 saturated carbocycles. The van der Waals surface area contributed by atoms with Crippen LogP contribution in [0.3, 0.4) is 0 Å². The average molecular weight is 873 g/mol. The zero-order chi connectivity index (χ0) is 45.8. The number of anilines is 1. The molecule has 0 bridgehead atoms. The molecule has 5 aromatic rings. The van der Waals surface area contributed by atoms with Crippen LogP contribution in [0.25, 0.3) is 11.2 Å². The Hall–Kier alpha value is -6.91. The number of esters is 4. The van der Waals surface area contributed by atoms with Gasteiger partial charge in [-0.05, 0) is 64.1 Å². The number of aliphatic hydroxyl groups is 3. The minimum Gasteiger partial charge on any atom is -0.456 e. The van der Waals surface area contributed by atoms with E-state index in [4.69, 9.17) is 34.2 Å². The zero-order valence-corrected chi connectivity index (χ0v) is 34.4. The van der Waals surface area contributed by atoms with E-state index in [-0.39, 0.29) is 28.2 Å². The van der Waals surface area contributed by atoms with Gasteiger partial charge in [0.2, 0.25) is 11.9 Å². The lowest BCUT2D eigenvalue weighted by Gasteiger charge is -2.34. The number of ether oxygens (including phenoxy) is 6. The summed E-state index contributed by atoms with van der Waals surface area (Å²) in [5, 5.41) is 41.3. The number of nitrogens with zero attached hydrogens (tertiary/aromatic N) is 5. The van der Waals surface area contributed by atoms with E-state index in [9.17, 15) is 44.6 Å². The summed E-state index contributed by atoms with van der Waals surface area (Å²) in [6.07, 6.45) is -6.79. The van der Waals surface area contributed by atoms with Crippen molar-refractivity contribution < 1.29 is 67.8 Å². The van der Waals surface area contributed by atoms with Crippen molar-refractivity contribution in [3.05, 3.63) is 124 Å². The Bertz CT molecular complexity index is 2450. The van der Waals surface area contributed by atoms with E-state index < -0.39 is 89.1 Å². The second-order valence-electron chi connectivity index (χ2n) is 15.0. The van der Waals surface area contributed by atoms with Gasteiger partial charge in [-0.15, -0.1) is 0 Å². The highest BCUT2D eigenvalue weighted by Gasteiger charge is 2.63. The standard InChI is InChI=1S/C30H27NO11.C12H17N5O4/c1-18(38-26(33)22-14-16-23(17-15-22)31(36)37)24-25(41-27(34)20-10-6-4-7-11-20)30(3,29(40-24)39-19(2)32)42-28(35)21-12-8-5-9-13-21;1-5(18)7-8(19)12(2,20)11(21-7)17-4-16-6-9(13)14-3-15-10(6)17/h4-18,24-25,29H,1-3H3;3-5,7-8,11,18-20H,1-2H3,(H2,13,14,15)/t18-,24-,25-,29?,30-;5-,7-,8-,11-,12-/m11/s1. The smallest absolute Gasteiger partial charge is 0.339 e. The molecule has 7 rings (SSSR count). The molecule has 2 aliphatic heterocycles. The number of hydrogen-bond acceptors (Lipinski definition) is 19. The Labute approximate surface area is 358 Å². The summed E-state index contributed by atoms with van der Waals surface area (Å²) in [4.78, 5) is 73.6. The Morgan fingerprint density at radius 3 is 1.98 bits per heavy atom. The molecule has 21 nitrogen and oxygen atoms in total. The molecular weight excluding hydrogens is 828 g/mol. The largest absolute Gasteiger partial charge is 0.456 e. The maximum atomic E-state index is 13.2. The number of rotatable bonds is 11. The number of aliphatic hydroxyl groups excluding tert-OH is 2. The number of carbonyl (C=O) groups is 4. The van der Waals surface area contributed by atoms with E-state index in [0.717, 1.165) is 19.1 Å². The molecular formula is C42H44N6O15. The second-order valence-corrected chi connectivity index (χ2v) is 15.0. The van der Waals surface area contributed by atoms with Gasteiger partial charge in [0, 0.05) is 19.1 Å². The molecule has 0 aliphatic carbocycles. The minimum atomic E-state index is -1.89. The van der Waals surface area contributed by atoms with Gasteiger partial charge in [0.15, 0.2) is 23.8 Å². The SMILES string of the molecule is CC(=O)OC1O[C@H]([C@@H](C)OC(=O)c2ccc([N+](=O)[O-])cc2)[C@@H](OC(=O)c2ccccc2)[C@@]1(C)OC(=O)c1ccccc1.C[C@@H](O)[C@H]1O[C@@H](n2cnc3c(N)ncnc32)[C@](C)(O)[C@@H]1O. The van der Waals surface area contributed by atoms with E-state index in [2.05, 4.69) is 15.0 Å². The molecule has 4 heterocycles. The molecule has 1 unspecified atom stereocenters. The van der Waals surface area contributed by atoms with Crippen molar-refractivity contribution in [3.63, 3.8) is 0 Å². The van der Waals surface area contributed by atoms with Gasteiger partial charge >= 0.3 is 23.9 Å². The van der Waals surface area contributed by atoms with Crippen LogP contribution in [-0.2, 0) is 33.2 Å². The van der Waals surface area contributed by atoms with Crippen molar-refractivity contribution in [2.45, 2.75) is 95.0 Å². The third kappa shape index (κ3) is 9.61. The van der Waals surface area contributed by atoms with Gasteiger partial charge in [0.05, 0.1) is 34.0 Å². The normalized spacial score (nSPS) is 26.1. The predicted octanol–water partition coefficient (Wildman–Crippen LogP) is 3.07. The number of carbonyl (C=O) groups excluding carboxylic acids is 4. The van der Waals surface area contributed by atoms with Gasteiger partial charge in [-0.1, -0.05) is 36.4 Å². The van der Waals surface area contributed by atoms with Crippen molar-refractivity contribution in [2.75, 3.05) is 5.73 Å². The summed E-state index contributed by atoms with van der Waals surface area (Å²) in [7, 11) is 0. The molecule has 0 radical (unpaired) electrons. The van der Waals surface area contributed by atoms with E-state index in [1.165, 1.54) is 81.3 Å². The molecule has 0 amide bonds. The highest BCUT2D eigenvalue weighted by atomic mass is 16.8. The van der Waals surface area contributed by atoms with Crippen molar-refractivity contribution >= 4 is 46.5 Å². The fraction of sp³-hybridized carbons (Fsp3) is 0.357. The Kier molecular flexibility index (Phi) is 13.5. The van der Waals surface area contributed by atoms with Gasteiger partial charge in [-0.2, -0.15) is 0 Å². The maximum absolute atomic E-state index is 13.2. The van der Waals surface area contributed by atoms with E-state index in [1.807, 2.05) is 0 Å². The molecule has 63 heavy (non-hydrogen) atoms. The summed E-state index contributed by atoms with van der Waals surface area (Å²) >= 11 is 0. The first kappa shape index (κ1) is 45.6. The maximum Gasteiger partial charge on any atom is 0.339 e. The van der Waals surface area contributed by atoms with E-state index in [1.54, 1.807) is 36.4 Å². The first-order valence-electron chi connectivity index (χ1n) is 19.3. The number of non-ortho nitro benzene ring substituents is 1. The highest BCUT2D eigenvalue weighted by Crippen LogP contribution is 2.42. The molecule has 3 aromatic carbocycles. The molecule has 21 heteroatoms. The summed E-state index contributed by atoms with van der Waals surface area (Å²) in [5.41, 5.74) is 3.13. The third-order valence-corrected chi connectivity index (χ3v) is 10.3. The minimum absolute atomic E-state index is 0.0121. The predicted molar refractivity (Wildman–Crippen MR) is 216 cm³/mol. The van der Waals surface area contributed by atoms with Gasteiger partial charge in [-0.3, -0.25) is 19.5 Å². The lowest BCUT2D eigenvalue weighted by Crippen LogP contribution is -2.53. The van der Waals surface area contributed by atoms with Gasteiger partial charge in [0.1, 0.15) is 41.9 Å². The van der Waals surface area contributed by atoms with Crippen LogP contribution in [0.1, 0.15) is 71.9 Å². The molecule has 2 fully saturated rings. The van der Waals surface area contributed by atoms with Crippen LogP contribution in [0.5, 0.6) is 0 Å². The molecule has 2 aliphatic rings. The summed E-state index contributed by atoms with van der Waals surface area (Å²) in [6.45, 7) is 6.88. The lowest BCUT2D eigenvalue weighted by molar-refractivity contribution is -0.384. The fourth-order valence-electron chi connectivity index (χ4n) is 6.97. The van der Waals surface area contributed by atoms with Crippen LogP contribution in [-0.4, -0.2) is 118 Å². The summed E-state index contributed by atoms with van der Waals surface area (Å²) in [5.74, 6) is -3.02. The van der Waals surface area contributed by atoms with Crippen LogP contribution in [0.2, 0.25) is 0 Å². The van der Waals surface area contributed by atoms with Crippen molar-refractivity contribution in [1.29, 1.82) is 0 Å². The number of aromatic nitrogens is 4. The number of nitro benzene ring substituents is 1. The quantitative estimate of drug-likeness (QED) is 0.0641. The number of benzene rings is 3. The monoisotopic (exact) mass is 872 g/mol. The topological polar surface area (TPSA) is 297 Å². The number of nitro groups is 1. The molecule has 332 valence electrons. The van der Waals surface area contributed by atoms with E-state index in [0.29, 0.717) is 11.2 Å². The van der Waals surface area contributed by atoms with Crippen LogP contribution in [0, 0.1) is 10.1 Å². The van der Waals surface area contributed by atoms with Gasteiger partial charge < -0.3 is 49.5 Å². The Balaban J connectivity index is 0.000000261. The third-order valence-electron chi connectivity index (χ3n) is 10.3. The van der Waals surface area contributed by atoms with Crippen molar-refractivity contribution in [3.8, 4) is 0 Å². The van der Waals surface area contributed by atoms with Gasteiger partial charge in [0.25, 0.3) is 5.69 Å². The summed E-state index contributed by atoms with van der Waals surface area (Å²) < 4.78 is 35.6. The van der Waals surface area contributed by atoms with Crippen molar-refractivity contribution in [2.24, 2.45) is 0 Å². The van der Waals surface area contributed by atoms with Crippen LogP contribution < -0.4 is 5.73 Å². The highest BCUT2D eigenvalue weighted by molar-refractivity contribution is 5.91. The first-order chi connectivity index (χ1) is 29.8. The molecule has 10 atom stereocenters. The lowest BCUT2D eigenvalue weighted by atomic mass is 9.94. The van der Waals surface area contributed by atoms with Crippen LogP contribution in [0.15, 0.2) is 97.6 Å². The molecule has 5 N–H and O–H groups in total. The first-order valence-corrected chi connectivity index (χ1v) is 19.3. The summed E-state index contributed by atoms with van der Waals surface area (Å²) in [6, 6.07) is 20.7. The molecule has 0 spiro atoms.